The van der Waals surface area contributed by atoms with E-state index in [0.717, 1.165) is 26.1 Å². The minimum atomic E-state index is 0.220. The molecule has 3 heterocycles. The van der Waals surface area contributed by atoms with Crippen molar-refractivity contribution in [3.05, 3.63) is 18.7 Å². The molecule has 0 amide bonds. The molecule has 1 atom stereocenters. The number of nitrogens with two attached hydrogens (primary N) is 1. The Labute approximate surface area is 123 Å². The van der Waals surface area contributed by atoms with Crippen molar-refractivity contribution in [3.63, 3.8) is 0 Å². The molecule has 0 radical (unpaired) electrons. The van der Waals surface area contributed by atoms with Gasteiger partial charge in [-0.2, -0.15) is 15.0 Å². The van der Waals surface area contributed by atoms with Crippen LogP contribution in [0.3, 0.4) is 0 Å². The first-order valence-corrected chi connectivity index (χ1v) is 7.00. The molecule has 2 aromatic heterocycles. The highest BCUT2D eigenvalue weighted by Gasteiger charge is 2.22. The van der Waals surface area contributed by atoms with E-state index >= 15 is 0 Å². The molecule has 8 nitrogen and oxygen atoms in total. The lowest BCUT2D eigenvalue weighted by molar-refractivity contribution is 0.143. The molecule has 2 aromatic rings. The number of nitrogens with zero attached hydrogens (tertiary/aromatic N) is 6. The number of hydrogen-bond donors (Lipinski definition) is 1. The van der Waals surface area contributed by atoms with Crippen molar-refractivity contribution in [2.45, 2.75) is 12.8 Å². The van der Waals surface area contributed by atoms with Crippen LogP contribution in [0.25, 0.3) is 5.95 Å². The summed E-state index contributed by atoms with van der Waals surface area (Å²) < 4.78 is 6.98. The lowest BCUT2D eigenvalue weighted by atomic mass is 9.99. The van der Waals surface area contributed by atoms with Crippen LogP contribution in [-0.4, -0.2) is 51.3 Å². The number of aromatic nitrogens is 5. The molecule has 3 rings (SSSR count). The maximum Gasteiger partial charge on any atom is 0.241 e. The second-order valence-electron chi connectivity index (χ2n) is 5.17. The van der Waals surface area contributed by atoms with Crippen LogP contribution in [0.4, 0.5) is 11.9 Å². The van der Waals surface area contributed by atoms with Gasteiger partial charge in [-0.25, -0.2) is 4.98 Å². The van der Waals surface area contributed by atoms with Crippen LogP contribution in [0, 0.1) is 5.92 Å². The first-order chi connectivity index (χ1) is 10.3. The van der Waals surface area contributed by atoms with Crippen LogP contribution in [-0.2, 0) is 4.74 Å². The minimum Gasteiger partial charge on any atom is -0.384 e. The number of imidazole rings is 1. The zero-order chi connectivity index (χ0) is 14.7. The zero-order valence-corrected chi connectivity index (χ0v) is 12.0. The number of hydrogen-bond acceptors (Lipinski definition) is 7. The number of methoxy groups -OCH3 is 1. The second kappa shape index (κ2) is 6.04. The molecular formula is C13H19N7O. The Morgan fingerprint density at radius 2 is 2.19 bits per heavy atom. The third kappa shape index (κ3) is 3.10. The van der Waals surface area contributed by atoms with Crippen LogP contribution in [0.15, 0.2) is 18.7 Å². The summed E-state index contributed by atoms with van der Waals surface area (Å²) >= 11 is 0. The highest BCUT2D eigenvalue weighted by Crippen LogP contribution is 2.21. The molecule has 0 saturated carbocycles. The van der Waals surface area contributed by atoms with Crippen molar-refractivity contribution in [1.82, 2.24) is 24.5 Å². The molecule has 2 N–H and O–H groups in total. The summed E-state index contributed by atoms with van der Waals surface area (Å²) in [6.45, 7) is 2.55. The van der Waals surface area contributed by atoms with Gasteiger partial charge in [0.15, 0.2) is 0 Å². The van der Waals surface area contributed by atoms with E-state index in [4.69, 9.17) is 10.5 Å². The normalized spacial score (nSPS) is 18.9. The number of piperidine rings is 1. The van der Waals surface area contributed by atoms with Crippen LogP contribution in [0.2, 0.25) is 0 Å². The number of ether oxygens (including phenoxy) is 1. The van der Waals surface area contributed by atoms with Gasteiger partial charge >= 0.3 is 0 Å². The molecule has 0 bridgehead atoms. The Morgan fingerprint density at radius 3 is 2.95 bits per heavy atom. The number of rotatable bonds is 4. The summed E-state index contributed by atoms with van der Waals surface area (Å²) in [5, 5.41) is 0. The zero-order valence-electron chi connectivity index (χ0n) is 12.0. The Bertz CT molecular complexity index is 584. The van der Waals surface area contributed by atoms with Crippen LogP contribution >= 0.6 is 0 Å². The molecule has 8 heteroatoms. The standard InChI is InChI=1S/C13H19N7O/c1-21-8-10-3-2-5-19(7-10)12-16-11(14)17-13(18-12)20-6-4-15-9-20/h4,6,9-10H,2-3,5,7-8H2,1H3,(H2,14,16,17,18). The van der Waals surface area contributed by atoms with Gasteiger partial charge in [0, 0.05) is 32.6 Å². The summed E-state index contributed by atoms with van der Waals surface area (Å²) in [4.78, 5) is 19.1. The molecule has 112 valence electrons. The Balaban J connectivity index is 1.84. The lowest BCUT2D eigenvalue weighted by Gasteiger charge is -2.32. The van der Waals surface area contributed by atoms with Gasteiger partial charge in [-0.3, -0.25) is 4.57 Å². The minimum absolute atomic E-state index is 0.220. The average Bonchev–Trinajstić information content (AvgIpc) is 3.01. The van der Waals surface area contributed by atoms with Crippen molar-refractivity contribution in [1.29, 1.82) is 0 Å². The Kier molecular flexibility index (Phi) is 3.96. The van der Waals surface area contributed by atoms with E-state index in [-0.39, 0.29) is 5.95 Å². The van der Waals surface area contributed by atoms with Gasteiger partial charge in [0.05, 0.1) is 6.61 Å². The van der Waals surface area contributed by atoms with Crippen LogP contribution in [0.1, 0.15) is 12.8 Å². The molecule has 0 aromatic carbocycles. The molecule has 1 unspecified atom stereocenters. The van der Waals surface area contributed by atoms with E-state index in [9.17, 15) is 0 Å². The van der Waals surface area contributed by atoms with E-state index in [1.165, 1.54) is 6.42 Å². The Hall–Kier alpha value is -2.22. The predicted octanol–water partition coefficient (Wildman–Crippen LogP) is 0.502. The number of nitrogen functional groups attached to an aromatic ring is 1. The third-order valence-electron chi connectivity index (χ3n) is 3.57. The largest absolute Gasteiger partial charge is 0.384 e. The maximum absolute atomic E-state index is 5.82. The first-order valence-electron chi connectivity index (χ1n) is 7.00. The van der Waals surface area contributed by atoms with E-state index in [1.807, 2.05) is 0 Å². The fourth-order valence-corrected chi connectivity index (χ4v) is 2.62. The monoisotopic (exact) mass is 289 g/mol. The lowest BCUT2D eigenvalue weighted by Crippen LogP contribution is -2.38. The molecule has 1 fully saturated rings. The third-order valence-corrected chi connectivity index (χ3v) is 3.57. The molecule has 1 saturated heterocycles. The highest BCUT2D eigenvalue weighted by atomic mass is 16.5. The van der Waals surface area contributed by atoms with Gasteiger partial charge in [0.1, 0.15) is 6.33 Å². The van der Waals surface area contributed by atoms with E-state index < -0.39 is 0 Å². The summed E-state index contributed by atoms with van der Waals surface area (Å²) in [6, 6.07) is 0. The van der Waals surface area contributed by atoms with E-state index in [2.05, 4.69) is 24.8 Å². The Morgan fingerprint density at radius 1 is 1.33 bits per heavy atom. The molecule has 0 aliphatic carbocycles. The SMILES string of the molecule is COCC1CCCN(c2nc(N)nc(-n3ccnc3)n2)C1. The average molecular weight is 289 g/mol. The molecule has 21 heavy (non-hydrogen) atoms. The number of anilines is 2. The van der Waals surface area contributed by atoms with Gasteiger partial charge < -0.3 is 15.4 Å². The van der Waals surface area contributed by atoms with Crippen LogP contribution in [0.5, 0.6) is 0 Å². The fourth-order valence-electron chi connectivity index (χ4n) is 2.62. The molecule has 1 aliphatic heterocycles. The van der Waals surface area contributed by atoms with E-state index in [1.54, 1.807) is 30.4 Å². The highest BCUT2D eigenvalue weighted by molar-refractivity contribution is 5.38. The quantitative estimate of drug-likeness (QED) is 0.875. The van der Waals surface area contributed by atoms with Crippen molar-refractivity contribution >= 4 is 11.9 Å². The van der Waals surface area contributed by atoms with Crippen molar-refractivity contribution in [3.8, 4) is 5.95 Å². The predicted molar refractivity (Wildman–Crippen MR) is 78.2 cm³/mol. The first kappa shape index (κ1) is 13.7. The smallest absolute Gasteiger partial charge is 0.241 e. The molecule has 1 aliphatic rings. The van der Waals surface area contributed by atoms with Gasteiger partial charge in [-0.15, -0.1) is 0 Å². The summed E-state index contributed by atoms with van der Waals surface area (Å²) in [5.74, 6) is 1.83. The van der Waals surface area contributed by atoms with Gasteiger partial charge in [0.2, 0.25) is 17.8 Å². The van der Waals surface area contributed by atoms with E-state index in [0.29, 0.717) is 17.8 Å². The summed E-state index contributed by atoms with van der Waals surface area (Å²) in [5.41, 5.74) is 5.82. The van der Waals surface area contributed by atoms with Gasteiger partial charge in [-0.1, -0.05) is 0 Å². The summed E-state index contributed by atoms with van der Waals surface area (Å²) in [6.07, 6.45) is 7.36. The molecule has 0 spiro atoms. The van der Waals surface area contributed by atoms with Crippen molar-refractivity contribution in [2.24, 2.45) is 5.92 Å². The second-order valence-corrected chi connectivity index (χ2v) is 5.17. The van der Waals surface area contributed by atoms with Crippen LogP contribution < -0.4 is 10.6 Å². The van der Waals surface area contributed by atoms with Crippen molar-refractivity contribution in [2.75, 3.05) is 37.4 Å². The van der Waals surface area contributed by atoms with Crippen molar-refractivity contribution < 1.29 is 4.74 Å². The fraction of sp³-hybridized carbons (Fsp3) is 0.538. The maximum atomic E-state index is 5.82. The molecular weight excluding hydrogens is 270 g/mol. The van der Waals surface area contributed by atoms with Gasteiger partial charge in [-0.05, 0) is 18.8 Å². The summed E-state index contributed by atoms with van der Waals surface area (Å²) in [7, 11) is 1.73. The topological polar surface area (TPSA) is 95.0 Å². The van der Waals surface area contributed by atoms with Gasteiger partial charge in [0.25, 0.3) is 0 Å².